The first kappa shape index (κ1) is 17.3. The molecule has 0 amide bonds. The molecule has 122 valence electrons. The average Bonchev–Trinajstić information content (AvgIpc) is 2.73. The minimum Gasteiger partial charge on any atom is -0.497 e. The Morgan fingerprint density at radius 2 is 1.74 bits per heavy atom. The van der Waals surface area contributed by atoms with Gasteiger partial charge in [0.25, 0.3) is 0 Å². The van der Waals surface area contributed by atoms with Crippen LogP contribution in [0, 0.1) is 11.3 Å². The lowest BCUT2D eigenvalue weighted by molar-refractivity contribution is 0.00578. The molecular weight excluding hydrogens is 297 g/mol. The third-order valence-electron chi connectivity index (χ3n) is 4.40. The molecule has 1 aliphatic heterocycles. The van der Waals surface area contributed by atoms with Gasteiger partial charge in [-0.3, -0.25) is 0 Å². The number of rotatable bonds is 3. The summed E-state index contributed by atoms with van der Waals surface area (Å²) in [6, 6.07) is 5.16. The fraction of sp³-hybridized carbons (Fsp3) is 0.500. The quantitative estimate of drug-likeness (QED) is 0.623. The maximum absolute atomic E-state index is 12.0. The summed E-state index contributed by atoms with van der Waals surface area (Å²) in [6.45, 7) is 7.67. The maximum atomic E-state index is 12.0. The number of carbonyl (C=O) groups excluding carboxylic acids is 1. The van der Waals surface area contributed by atoms with E-state index in [-0.39, 0.29) is 11.1 Å². The first-order chi connectivity index (χ1) is 10.7. The van der Waals surface area contributed by atoms with Gasteiger partial charge in [-0.2, -0.15) is 5.26 Å². The van der Waals surface area contributed by atoms with Crippen LogP contribution in [-0.4, -0.2) is 38.5 Å². The summed E-state index contributed by atoms with van der Waals surface area (Å²) in [4.78, 5) is 12.0. The van der Waals surface area contributed by atoms with E-state index < -0.39 is 24.3 Å². The highest BCUT2D eigenvalue weighted by Gasteiger charge is 2.52. The molecule has 0 atom stereocenters. The molecular formula is C16H20BNO5. The van der Waals surface area contributed by atoms with Crippen molar-refractivity contribution in [1.29, 1.82) is 5.26 Å². The second kappa shape index (κ2) is 5.87. The van der Waals surface area contributed by atoms with E-state index in [0.29, 0.717) is 11.2 Å². The average molecular weight is 317 g/mol. The molecule has 1 fully saturated rings. The third kappa shape index (κ3) is 2.92. The molecule has 1 aliphatic rings. The van der Waals surface area contributed by atoms with E-state index in [0.717, 1.165) is 0 Å². The first-order valence-electron chi connectivity index (χ1n) is 7.23. The number of nitriles is 1. The predicted molar refractivity (Wildman–Crippen MR) is 84.8 cm³/mol. The Morgan fingerprint density at radius 3 is 2.17 bits per heavy atom. The van der Waals surface area contributed by atoms with Crippen molar-refractivity contribution in [1.82, 2.24) is 0 Å². The molecule has 0 saturated carbocycles. The highest BCUT2D eigenvalue weighted by molar-refractivity contribution is 6.63. The van der Waals surface area contributed by atoms with Gasteiger partial charge in [0.05, 0.1) is 42.6 Å². The molecule has 0 spiro atoms. The zero-order valence-corrected chi connectivity index (χ0v) is 14.2. The first-order valence-corrected chi connectivity index (χ1v) is 7.23. The molecule has 0 unspecified atom stereocenters. The lowest BCUT2D eigenvalue weighted by Crippen LogP contribution is -2.41. The van der Waals surface area contributed by atoms with Crippen LogP contribution < -0.4 is 10.2 Å². The predicted octanol–water partition coefficient (Wildman–Crippen LogP) is 1.65. The van der Waals surface area contributed by atoms with Gasteiger partial charge in [-0.05, 0) is 39.8 Å². The van der Waals surface area contributed by atoms with Crippen molar-refractivity contribution >= 4 is 18.6 Å². The highest BCUT2D eigenvalue weighted by Crippen LogP contribution is 2.37. The Morgan fingerprint density at radius 1 is 1.17 bits per heavy atom. The topological polar surface area (TPSA) is 77.8 Å². The number of methoxy groups -OCH3 is 2. The van der Waals surface area contributed by atoms with Crippen LogP contribution in [-0.2, 0) is 14.0 Å². The van der Waals surface area contributed by atoms with Gasteiger partial charge in [0, 0.05) is 5.46 Å². The molecule has 0 aliphatic carbocycles. The Balaban J connectivity index is 2.59. The van der Waals surface area contributed by atoms with Gasteiger partial charge in [-0.1, -0.05) is 0 Å². The van der Waals surface area contributed by atoms with Crippen LogP contribution >= 0.6 is 0 Å². The summed E-state index contributed by atoms with van der Waals surface area (Å²) in [5.74, 6) is -0.188. The van der Waals surface area contributed by atoms with Crippen molar-refractivity contribution in [2.45, 2.75) is 38.9 Å². The van der Waals surface area contributed by atoms with Crippen LogP contribution in [0.3, 0.4) is 0 Å². The third-order valence-corrected chi connectivity index (χ3v) is 4.40. The summed E-state index contributed by atoms with van der Waals surface area (Å²) < 4.78 is 21.9. The largest absolute Gasteiger partial charge is 0.497 e. The zero-order valence-electron chi connectivity index (χ0n) is 14.2. The summed E-state index contributed by atoms with van der Waals surface area (Å²) in [6.07, 6.45) is 0. The maximum Gasteiger partial charge on any atom is 0.496 e. The fourth-order valence-corrected chi connectivity index (χ4v) is 2.31. The van der Waals surface area contributed by atoms with Crippen LogP contribution in [0.1, 0.15) is 43.6 Å². The summed E-state index contributed by atoms with van der Waals surface area (Å²) in [7, 11) is 1.97. The second-order valence-corrected chi connectivity index (χ2v) is 6.33. The Bertz CT molecular complexity index is 662. The highest BCUT2D eigenvalue weighted by atomic mass is 16.7. The molecule has 0 aromatic heterocycles. The van der Waals surface area contributed by atoms with Gasteiger partial charge in [0.2, 0.25) is 0 Å². The van der Waals surface area contributed by atoms with Gasteiger partial charge in [0.15, 0.2) is 0 Å². The number of hydrogen-bond donors (Lipinski definition) is 0. The number of benzene rings is 1. The monoisotopic (exact) mass is 317 g/mol. The van der Waals surface area contributed by atoms with Gasteiger partial charge in [-0.15, -0.1) is 0 Å². The molecule has 0 N–H and O–H groups in total. The number of esters is 1. The lowest BCUT2D eigenvalue weighted by Gasteiger charge is -2.32. The van der Waals surface area contributed by atoms with Crippen molar-refractivity contribution in [2.24, 2.45) is 0 Å². The van der Waals surface area contributed by atoms with Crippen molar-refractivity contribution in [2.75, 3.05) is 14.2 Å². The van der Waals surface area contributed by atoms with Gasteiger partial charge in [0.1, 0.15) is 5.75 Å². The van der Waals surface area contributed by atoms with Gasteiger partial charge < -0.3 is 18.8 Å². The smallest absolute Gasteiger partial charge is 0.496 e. The zero-order chi connectivity index (χ0) is 17.4. The number of nitrogens with zero attached hydrogens (tertiary/aromatic N) is 1. The second-order valence-electron chi connectivity index (χ2n) is 6.33. The van der Waals surface area contributed by atoms with E-state index in [1.54, 1.807) is 6.07 Å². The Hall–Kier alpha value is -2.04. The molecule has 23 heavy (non-hydrogen) atoms. The molecule has 0 bridgehead atoms. The Kier molecular flexibility index (Phi) is 4.42. The normalized spacial score (nSPS) is 18.4. The fourth-order valence-electron chi connectivity index (χ4n) is 2.31. The van der Waals surface area contributed by atoms with Gasteiger partial charge >= 0.3 is 13.1 Å². The molecule has 1 aromatic rings. The van der Waals surface area contributed by atoms with Gasteiger partial charge in [-0.25, -0.2) is 4.79 Å². The molecule has 7 heteroatoms. The lowest BCUT2D eigenvalue weighted by atomic mass is 9.74. The van der Waals surface area contributed by atoms with Crippen LogP contribution in [0.4, 0.5) is 0 Å². The van der Waals surface area contributed by atoms with E-state index in [4.69, 9.17) is 18.8 Å². The molecule has 2 rings (SSSR count). The van der Waals surface area contributed by atoms with Crippen LogP contribution in [0.25, 0.3) is 0 Å². The van der Waals surface area contributed by atoms with Crippen LogP contribution in [0.5, 0.6) is 5.75 Å². The molecule has 6 nitrogen and oxygen atoms in total. The van der Waals surface area contributed by atoms with Crippen molar-refractivity contribution in [3.05, 3.63) is 23.3 Å². The number of ether oxygens (including phenoxy) is 2. The van der Waals surface area contributed by atoms with Crippen molar-refractivity contribution in [3.8, 4) is 11.8 Å². The number of carbonyl (C=O) groups is 1. The minimum absolute atomic E-state index is 0.124. The molecule has 1 heterocycles. The van der Waals surface area contributed by atoms with E-state index in [1.165, 1.54) is 20.3 Å². The molecule has 0 radical (unpaired) electrons. The SMILES string of the molecule is COC(=O)c1cc(OC)cc(B2OC(C)(C)C(C)(C)O2)c1C#N. The number of hydrogen-bond acceptors (Lipinski definition) is 6. The van der Waals surface area contributed by atoms with Crippen LogP contribution in [0.15, 0.2) is 12.1 Å². The minimum atomic E-state index is -0.770. The van der Waals surface area contributed by atoms with E-state index in [1.807, 2.05) is 33.8 Å². The van der Waals surface area contributed by atoms with Crippen LogP contribution in [0.2, 0.25) is 0 Å². The molecule has 1 saturated heterocycles. The summed E-state index contributed by atoms with van der Waals surface area (Å²) in [5, 5.41) is 9.52. The summed E-state index contributed by atoms with van der Waals surface area (Å²) >= 11 is 0. The van der Waals surface area contributed by atoms with E-state index >= 15 is 0 Å². The van der Waals surface area contributed by atoms with E-state index in [2.05, 4.69) is 0 Å². The van der Waals surface area contributed by atoms with Crippen molar-refractivity contribution < 1.29 is 23.6 Å². The summed E-state index contributed by atoms with van der Waals surface area (Å²) in [5.41, 5.74) is -0.376. The Labute approximate surface area is 136 Å². The van der Waals surface area contributed by atoms with E-state index in [9.17, 15) is 10.1 Å². The molecule has 1 aromatic carbocycles. The van der Waals surface area contributed by atoms with Crippen molar-refractivity contribution in [3.63, 3.8) is 0 Å². The standard InChI is InChI=1S/C16H20BNO5/c1-15(2)16(3,4)23-17(22-15)13-8-10(20-5)7-11(12(13)9-18)14(19)21-6/h7-8H,1-6H3.